The fourth-order valence-electron chi connectivity index (χ4n) is 2.75. The highest BCUT2D eigenvalue weighted by atomic mass is 19.4. The van der Waals surface area contributed by atoms with E-state index in [2.05, 4.69) is 15.0 Å². The van der Waals surface area contributed by atoms with Crippen molar-refractivity contribution < 1.29 is 27.1 Å². The summed E-state index contributed by atoms with van der Waals surface area (Å²) < 4.78 is 58.0. The van der Waals surface area contributed by atoms with E-state index < -0.39 is 29.4 Å². The van der Waals surface area contributed by atoms with Crippen LogP contribution in [-0.4, -0.2) is 28.2 Å². The number of halogens is 4. The summed E-state index contributed by atoms with van der Waals surface area (Å²) in [5.74, 6) is -2.21. The monoisotopic (exact) mass is 396 g/mol. The number of alkyl halides is 3. The minimum absolute atomic E-state index is 0.00101. The molecule has 2 aromatic heterocycles. The number of carbonyl (C=O) groups is 1. The van der Waals surface area contributed by atoms with Gasteiger partial charge in [-0.1, -0.05) is 13.0 Å². The quantitative estimate of drug-likeness (QED) is 0.644. The molecule has 0 radical (unpaired) electrons. The first-order valence-corrected chi connectivity index (χ1v) is 8.32. The van der Waals surface area contributed by atoms with E-state index in [1.54, 1.807) is 0 Å². The second-order valence-corrected chi connectivity index (χ2v) is 5.88. The number of nitrogens with zero attached hydrogens (tertiary/aromatic N) is 2. The molecule has 10 heteroatoms. The van der Waals surface area contributed by atoms with Crippen molar-refractivity contribution >= 4 is 17.4 Å². The Morgan fingerprint density at radius 3 is 2.71 bits per heavy atom. The van der Waals surface area contributed by atoms with Gasteiger partial charge in [-0.2, -0.15) is 0 Å². The number of aromatic nitrogens is 2. The first-order chi connectivity index (χ1) is 13.2. The number of nitrogen functional groups attached to an aromatic ring is 1. The lowest BCUT2D eigenvalue weighted by molar-refractivity contribution is -0.274. The Kier molecular flexibility index (Phi) is 5.12. The van der Waals surface area contributed by atoms with Crippen LogP contribution in [-0.2, 0) is 0 Å². The molecule has 6 nitrogen and oxygen atoms in total. The Morgan fingerprint density at radius 2 is 2.04 bits per heavy atom. The van der Waals surface area contributed by atoms with Crippen molar-refractivity contribution in [3.8, 4) is 16.9 Å². The third kappa shape index (κ3) is 3.71. The molecule has 0 aliphatic rings. The number of nitrogens with two attached hydrogens (primary N) is 1. The van der Waals surface area contributed by atoms with E-state index in [0.717, 1.165) is 18.2 Å². The van der Waals surface area contributed by atoms with Crippen LogP contribution in [0.5, 0.6) is 5.75 Å². The highest BCUT2D eigenvalue weighted by Crippen LogP contribution is 2.38. The van der Waals surface area contributed by atoms with Gasteiger partial charge in [0.15, 0.2) is 5.69 Å². The van der Waals surface area contributed by atoms with Crippen molar-refractivity contribution in [3.05, 3.63) is 48.0 Å². The average Bonchev–Trinajstić information content (AvgIpc) is 2.96. The van der Waals surface area contributed by atoms with E-state index >= 15 is 0 Å². The molecule has 2 heterocycles. The molecule has 3 rings (SSSR count). The largest absolute Gasteiger partial charge is 0.573 e. The molecule has 3 N–H and O–H groups in total. The fourth-order valence-corrected chi connectivity index (χ4v) is 2.75. The number of fused-ring (bicyclic) bond motifs is 1. The normalized spacial score (nSPS) is 11.6. The smallest absolute Gasteiger partial charge is 0.405 e. The number of imidazole rings is 1. The van der Waals surface area contributed by atoms with Crippen LogP contribution in [0.3, 0.4) is 0 Å². The number of benzene rings is 1. The van der Waals surface area contributed by atoms with Crippen LogP contribution in [0.15, 0.2) is 36.5 Å². The minimum atomic E-state index is -5.01. The highest BCUT2D eigenvalue weighted by molar-refractivity contribution is 5.99. The van der Waals surface area contributed by atoms with Crippen LogP contribution in [0.25, 0.3) is 16.8 Å². The number of ether oxygens (including phenoxy) is 1. The van der Waals surface area contributed by atoms with Crippen LogP contribution < -0.4 is 15.8 Å². The fraction of sp³-hybridized carbons (Fsp3) is 0.222. The predicted octanol–water partition coefficient (Wildman–Crippen LogP) is 3.76. The van der Waals surface area contributed by atoms with E-state index in [1.807, 2.05) is 6.92 Å². The Hall–Kier alpha value is -3.30. The molecule has 0 saturated heterocycles. The summed E-state index contributed by atoms with van der Waals surface area (Å²) in [5, 5.41) is 2.62. The molecule has 0 spiro atoms. The molecule has 0 aliphatic carbocycles. The van der Waals surface area contributed by atoms with E-state index in [4.69, 9.17) is 5.73 Å². The van der Waals surface area contributed by atoms with E-state index in [-0.39, 0.29) is 22.7 Å². The molecule has 28 heavy (non-hydrogen) atoms. The predicted molar refractivity (Wildman–Crippen MR) is 94.3 cm³/mol. The van der Waals surface area contributed by atoms with Crippen molar-refractivity contribution in [1.82, 2.24) is 14.7 Å². The molecule has 0 fully saturated rings. The van der Waals surface area contributed by atoms with Crippen LogP contribution in [0, 0.1) is 5.82 Å². The van der Waals surface area contributed by atoms with Gasteiger partial charge in [-0.05, 0) is 30.7 Å². The molecule has 1 aromatic carbocycles. The van der Waals surface area contributed by atoms with Crippen molar-refractivity contribution in [2.45, 2.75) is 19.7 Å². The van der Waals surface area contributed by atoms with Gasteiger partial charge in [0.25, 0.3) is 5.91 Å². The third-order valence-corrected chi connectivity index (χ3v) is 3.91. The van der Waals surface area contributed by atoms with Crippen LogP contribution in [0.2, 0.25) is 0 Å². The molecule has 3 aromatic rings. The summed E-state index contributed by atoms with van der Waals surface area (Å²) in [5.41, 5.74) is 5.46. The number of nitrogens with one attached hydrogen (secondary N) is 1. The Balaban J connectivity index is 2.19. The zero-order valence-corrected chi connectivity index (χ0v) is 14.7. The van der Waals surface area contributed by atoms with Crippen molar-refractivity contribution in [2.75, 3.05) is 12.3 Å². The summed E-state index contributed by atoms with van der Waals surface area (Å²) >= 11 is 0. The van der Waals surface area contributed by atoms with Crippen LogP contribution in [0.1, 0.15) is 23.8 Å². The zero-order valence-electron chi connectivity index (χ0n) is 14.7. The second kappa shape index (κ2) is 7.37. The van der Waals surface area contributed by atoms with Gasteiger partial charge >= 0.3 is 6.36 Å². The summed E-state index contributed by atoms with van der Waals surface area (Å²) in [6.45, 7) is 2.27. The topological polar surface area (TPSA) is 81.6 Å². The SMILES string of the molecule is CCCNC(=O)c1nc2c(-c3c(F)cccc3OC(F)(F)F)cccn2c1N. The van der Waals surface area contributed by atoms with Crippen molar-refractivity contribution in [3.63, 3.8) is 0 Å². The molecule has 0 atom stereocenters. The molecular weight excluding hydrogens is 380 g/mol. The lowest BCUT2D eigenvalue weighted by Gasteiger charge is -2.14. The highest BCUT2D eigenvalue weighted by Gasteiger charge is 2.33. The number of anilines is 1. The van der Waals surface area contributed by atoms with Crippen LogP contribution in [0.4, 0.5) is 23.4 Å². The summed E-state index contributed by atoms with van der Waals surface area (Å²) in [6.07, 6.45) is -2.84. The number of rotatable bonds is 5. The lowest BCUT2D eigenvalue weighted by atomic mass is 10.1. The first-order valence-electron chi connectivity index (χ1n) is 8.32. The molecule has 1 amide bonds. The van der Waals surface area contributed by atoms with Gasteiger partial charge in [-0.3, -0.25) is 9.20 Å². The Labute approximate surface area is 156 Å². The van der Waals surface area contributed by atoms with Gasteiger partial charge in [0.1, 0.15) is 23.0 Å². The van der Waals surface area contributed by atoms with E-state index in [0.29, 0.717) is 13.0 Å². The van der Waals surface area contributed by atoms with Gasteiger partial charge < -0.3 is 15.8 Å². The number of pyridine rings is 1. The Bertz CT molecular complexity index is 1030. The van der Waals surface area contributed by atoms with Crippen LogP contribution >= 0.6 is 0 Å². The average molecular weight is 396 g/mol. The minimum Gasteiger partial charge on any atom is -0.405 e. The summed E-state index contributed by atoms with van der Waals surface area (Å²) in [6, 6.07) is 5.93. The van der Waals surface area contributed by atoms with E-state index in [1.165, 1.54) is 22.7 Å². The molecule has 0 unspecified atom stereocenters. The third-order valence-electron chi connectivity index (χ3n) is 3.91. The van der Waals surface area contributed by atoms with Gasteiger partial charge in [-0.25, -0.2) is 9.37 Å². The zero-order chi connectivity index (χ0) is 20.5. The molecule has 0 saturated carbocycles. The second-order valence-electron chi connectivity index (χ2n) is 5.88. The van der Waals surface area contributed by atoms with Gasteiger partial charge in [-0.15, -0.1) is 13.2 Å². The number of hydrogen-bond acceptors (Lipinski definition) is 4. The summed E-state index contributed by atoms with van der Waals surface area (Å²) in [4.78, 5) is 16.4. The summed E-state index contributed by atoms with van der Waals surface area (Å²) in [7, 11) is 0. The molecule has 148 valence electrons. The lowest BCUT2D eigenvalue weighted by Crippen LogP contribution is -2.25. The Morgan fingerprint density at radius 1 is 1.29 bits per heavy atom. The molecular formula is C18H16F4N4O2. The maximum Gasteiger partial charge on any atom is 0.573 e. The van der Waals surface area contributed by atoms with E-state index in [9.17, 15) is 22.4 Å². The van der Waals surface area contributed by atoms with Gasteiger partial charge in [0, 0.05) is 18.3 Å². The number of hydrogen-bond donors (Lipinski definition) is 2. The maximum atomic E-state index is 14.5. The van der Waals surface area contributed by atoms with Gasteiger partial charge in [0.05, 0.1) is 5.56 Å². The number of amides is 1. The first kappa shape index (κ1) is 19.5. The van der Waals surface area contributed by atoms with Gasteiger partial charge in [0.2, 0.25) is 0 Å². The molecule has 0 aliphatic heterocycles. The number of carbonyl (C=O) groups excluding carboxylic acids is 1. The van der Waals surface area contributed by atoms with Crippen molar-refractivity contribution in [2.24, 2.45) is 0 Å². The standard InChI is InChI=1S/C18H16F4N4O2/c1-2-8-24-17(27)14-15(23)26-9-4-5-10(16(26)25-14)13-11(19)6-3-7-12(13)28-18(20,21)22/h3-7,9H,2,8,23H2,1H3,(H,24,27). The maximum absolute atomic E-state index is 14.5. The van der Waals surface area contributed by atoms with Crippen molar-refractivity contribution in [1.29, 1.82) is 0 Å². The molecule has 0 bridgehead atoms.